The quantitative estimate of drug-likeness (QED) is 0.868. The molecule has 2 aromatic rings. The van der Waals surface area contributed by atoms with Crippen LogP contribution in [0.15, 0.2) is 48.5 Å². The maximum Gasteiger partial charge on any atom is 0.227 e. The summed E-state index contributed by atoms with van der Waals surface area (Å²) in [7, 11) is 0. The van der Waals surface area contributed by atoms with Gasteiger partial charge >= 0.3 is 0 Å². The molecule has 0 aliphatic carbocycles. The van der Waals surface area contributed by atoms with E-state index in [1.807, 2.05) is 41.3 Å². The Kier molecular flexibility index (Phi) is 5.94. The number of amides is 1. The van der Waals surface area contributed by atoms with E-state index < -0.39 is 0 Å². The van der Waals surface area contributed by atoms with E-state index in [1.165, 1.54) is 11.1 Å². The van der Waals surface area contributed by atoms with Crippen molar-refractivity contribution in [2.24, 2.45) is 11.7 Å². The molecule has 0 saturated carbocycles. The molecule has 3 rings (SSSR count). The molecule has 4 nitrogen and oxygen atoms in total. The molecule has 138 valence electrons. The first kappa shape index (κ1) is 18.5. The Morgan fingerprint density at radius 2 is 2.04 bits per heavy atom. The van der Waals surface area contributed by atoms with Gasteiger partial charge in [0.1, 0.15) is 12.4 Å². The van der Waals surface area contributed by atoms with Gasteiger partial charge in [0.2, 0.25) is 5.91 Å². The second-order valence-electron chi connectivity index (χ2n) is 7.27. The third kappa shape index (κ3) is 4.44. The van der Waals surface area contributed by atoms with Gasteiger partial charge in [-0.1, -0.05) is 36.4 Å². The largest absolute Gasteiger partial charge is 0.489 e. The van der Waals surface area contributed by atoms with Crippen LogP contribution >= 0.6 is 0 Å². The van der Waals surface area contributed by atoms with E-state index in [9.17, 15) is 4.79 Å². The number of nitrogens with two attached hydrogens (primary N) is 1. The first-order valence-electron chi connectivity index (χ1n) is 9.32. The summed E-state index contributed by atoms with van der Waals surface area (Å²) >= 11 is 0. The zero-order valence-corrected chi connectivity index (χ0v) is 15.7. The summed E-state index contributed by atoms with van der Waals surface area (Å²) < 4.78 is 5.93. The van der Waals surface area contributed by atoms with Gasteiger partial charge in [-0.3, -0.25) is 4.79 Å². The van der Waals surface area contributed by atoms with Crippen LogP contribution in [0.25, 0.3) is 0 Å². The Bertz CT molecular complexity index is 759. The molecule has 1 amide bonds. The summed E-state index contributed by atoms with van der Waals surface area (Å²) in [6, 6.07) is 16.3. The van der Waals surface area contributed by atoms with Crippen LogP contribution in [0.2, 0.25) is 0 Å². The number of nitrogens with zero attached hydrogens (tertiary/aromatic N) is 1. The molecule has 2 unspecified atom stereocenters. The van der Waals surface area contributed by atoms with E-state index in [0.717, 1.165) is 24.3 Å². The van der Waals surface area contributed by atoms with Crippen molar-refractivity contribution in [2.75, 3.05) is 13.1 Å². The van der Waals surface area contributed by atoms with Gasteiger partial charge in [0.05, 0.1) is 6.42 Å². The zero-order chi connectivity index (χ0) is 18.5. The maximum atomic E-state index is 12.7. The van der Waals surface area contributed by atoms with Crippen LogP contribution in [0.4, 0.5) is 0 Å². The molecule has 2 N–H and O–H groups in total. The molecule has 2 atom stereocenters. The second kappa shape index (κ2) is 8.37. The number of carbonyl (C=O) groups is 1. The standard InChI is InChI=1S/C22H28N2O2/c1-16-6-3-4-8-20(16)15-26-21-9-5-7-18(11-21)12-22(25)24-14-19(13-23)10-17(24)2/h3-9,11,17,19H,10,12-15,23H2,1-2H3. The molecule has 1 aliphatic rings. The van der Waals surface area contributed by atoms with Gasteiger partial charge < -0.3 is 15.4 Å². The normalized spacial score (nSPS) is 19.6. The monoisotopic (exact) mass is 352 g/mol. The first-order chi connectivity index (χ1) is 12.6. The van der Waals surface area contributed by atoms with E-state index in [2.05, 4.69) is 26.0 Å². The van der Waals surface area contributed by atoms with Crippen molar-refractivity contribution in [2.45, 2.75) is 39.3 Å². The highest BCUT2D eigenvalue weighted by Gasteiger charge is 2.31. The van der Waals surface area contributed by atoms with Crippen molar-refractivity contribution in [3.05, 3.63) is 65.2 Å². The van der Waals surface area contributed by atoms with E-state index in [-0.39, 0.29) is 11.9 Å². The summed E-state index contributed by atoms with van der Waals surface area (Å²) in [5.74, 6) is 1.40. The van der Waals surface area contributed by atoms with Crippen LogP contribution in [0.1, 0.15) is 30.0 Å². The van der Waals surface area contributed by atoms with Gasteiger partial charge in [-0.25, -0.2) is 0 Å². The van der Waals surface area contributed by atoms with Gasteiger partial charge in [-0.2, -0.15) is 0 Å². The minimum Gasteiger partial charge on any atom is -0.489 e. The minimum atomic E-state index is 0.171. The Labute approximate surface area is 156 Å². The fraction of sp³-hybridized carbons (Fsp3) is 0.409. The van der Waals surface area contributed by atoms with Crippen LogP contribution in [-0.4, -0.2) is 29.9 Å². The number of aryl methyl sites for hydroxylation is 1. The highest BCUT2D eigenvalue weighted by Crippen LogP contribution is 2.24. The van der Waals surface area contributed by atoms with Crippen LogP contribution in [0.3, 0.4) is 0 Å². The maximum absolute atomic E-state index is 12.7. The summed E-state index contributed by atoms with van der Waals surface area (Å²) in [6.45, 7) is 6.15. The smallest absolute Gasteiger partial charge is 0.227 e. The average Bonchev–Trinajstić information content (AvgIpc) is 3.02. The predicted molar refractivity (Wildman–Crippen MR) is 104 cm³/mol. The van der Waals surface area contributed by atoms with Crippen molar-refractivity contribution in [3.63, 3.8) is 0 Å². The van der Waals surface area contributed by atoms with Gasteiger partial charge in [-0.05, 0) is 61.6 Å². The number of carbonyl (C=O) groups excluding carboxylic acids is 1. The Morgan fingerprint density at radius 1 is 1.23 bits per heavy atom. The molecule has 1 heterocycles. The fourth-order valence-electron chi connectivity index (χ4n) is 3.62. The van der Waals surface area contributed by atoms with Crippen molar-refractivity contribution >= 4 is 5.91 Å². The molecular weight excluding hydrogens is 324 g/mol. The van der Waals surface area contributed by atoms with Crippen LogP contribution in [0, 0.1) is 12.8 Å². The molecule has 1 saturated heterocycles. The molecular formula is C22H28N2O2. The summed E-state index contributed by atoms with van der Waals surface area (Å²) in [4.78, 5) is 14.6. The molecule has 4 heteroatoms. The number of rotatable bonds is 6. The topological polar surface area (TPSA) is 55.6 Å². The Hall–Kier alpha value is -2.33. The summed E-state index contributed by atoms with van der Waals surface area (Å²) in [5, 5.41) is 0. The third-order valence-corrected chi connectivity index (χ3v) is 5.22. The fourth-order valence-corrected chi connectivity index (χ4v) is 3.62. The summed E-state index contributed by atoms with van der Waals surface area (Å²) in [6.07, 6.45) is 1.41. The number of hydrogen-bond donors (Lipinski definition) is 1. The zero-order valence-electron chi connectivity index (χ0n) is 15.7. The molecule has 2 aromatic carbocycles. The van der Waals surface area contributed by atoms with Crippen molar-refractivity contribution < 1.29 is 9.53 Å². The number of ether oxygens (including phenoxy) is 1. The van der Waals surface area contributed by atoms with Gasteiger partial charge in [-0.15, -0.1) is 0 Å². The highest BCUT2D eigenvalue weighted by molar-refractivity contribution is 5.79. The van der Waals surface area contributed by atoms with Gasteiger partial charge in [0.15, 0.2) is 0 Å². The minimum absolute atomic E-state index is 0.171. The SMILES string of the molecule is Cc1ccccc1COc1cccc(CC(=O)N2CC(CN)CC2C)c1. The first-order valence-corrected chi connectivity index (χ1v) is 9.32. The summed E-state index contributed by atoms with van der Waals surface area (Å²) in [5.41, 5.74) is 9.15. The van der Waals surface area contributed by atoms with E-state index in [0.29, 0.717) is 25.5 Å². The number of benzene rings is 2. The lowest BCUT2D eigenvalue weighted by Crippen LogP contribution is -2.35. The van der Waals surface area contributed by atoms with Crippen molar-refractivity contribution in [3.8, 4) is 5.75 Å². The van der Waals surface area contributed by atoms with Crippen molar-refractivity contribution in [1.82, 2.24) is 4.90 Å². The lowest BCUT2D eigenvalue weighted by Gasteiger charge is -2.21. The molecule has 0 aromatic heterocycles. The molecule has 0 spiro atoms. The molecule has 0 bridgehead atoms. The van der Waals surface area contributed by atoms with Gasteiger partial charge in [0, 0.05) is 12.6 Å². The number of hydrogen-bond acceptors (Lipinski definition) is 3. The van der Waals surface area contributed by atoms with Crippen LogP contribution in [-0.2, 0) is 17.8 Å². The Morgan fingerprint density at radius 3 is 2.77 bits per heavy atom. The molecule has 1 fully saturated rings. The molecule has 0 radical (unpaired) electrons. The van der Waals surface area contributed by atoms with E-state index in [4.69, 9.17) is 10.5 Å². The molecule has 26 heavy (non-hydrogen) atoms. The third-order valence-electron chi connectivity index (χ3n) is 5.22. The predicted octanol–water partition coefficient (Wildman–Crippen LogP) is 3.31. The highest BCUT2D eigenvalue weighted by atomic mass is 16.5. The lowest BCUT2D eigenvalue weighted by atomic mass is 10.1. The Balaban J connectivity index is 1.60. The number of likely N-dealkylation sites (tertiary alicyclic amines) is 1. The lowest BCUT2D eigenvalue weighted by molar-refractivity contribution is -0.131. The van der Waals surface area contributed by atoms with E-state index >= 15 is 0 Å². The van der Waals surface area contributed by atoms with Crippen LogP contribution in [0.5, 0.6) is 5.75 Å². The van der Waals surface area contributed by atoms with E-state index in [1.54, 1.807) is 0 Å². The van der Waals surface area contributed by atoms with Crippen LogP contribution < -0.4 is 10.5 Å². The van der Waals surface area contributed by atoms with Crippen molar-refractivity contribution in [1.29, 1.82) is 0 Å². The molecule has 1 aliphatic heterocycles. The second-order valence-corrected chi connectivity index (χ2v) is 7.27. The van der Waals surface area contributed by atoms with Gasteiger partial charge in [0.25, 0.3) is 0 Å². The average molecular weight is 352 g/mol.